The molecule has 5 rings (SSSR count). The van der Waals surface area contributed by atoms with Crippen molar-refractivity contribution in [1.82, 2.24) is 20.1 Å². The molecule has 2 N–H and O–H groups in total. The molecule has 4 heterocycles. The highest BCUT2D eigenvalue weighted by Gasteiger charge is 2.42. The average Bonchev–Trinajstić information content (AvgIpc) is 3.38. The van der Waals surface area contributed by atoms with Crippen molar-refractivity contribution in [3.05, 3.63) is 72.8 Å². The van der Waals surface area contributed by atoms with Gasteiger partial charge in [-0.25, -0.2) is 9.97 Å². The molecule has 1 aromatic carbocycles. The lowest BCUT2D eigenvalue weighted by atomic mass is 9.73. The van der Waals surface area contributed by atoms with Gasteiger partial charge in [-0.2, -0.15) is 0 Å². The summed E-state index contributed by atoms with van der Waals surface area (Å²) in [5.74, 6) is 0.737. The van der Waals surface area contributed by atoms with Crippen molar-refractivity contribution < 1.29 is 14.1 Å². The molecule has 34 heavy (non-hydrogen) atoms. The molecule has 3 aromatic heterocycles. The Bertz CT molecular complexity index is 1250. The summed E-state index contributed by atoms with van der Waals surface area (Å²) in [5, 5.41) is 9.93. The second-order valence-electron chi connectivity index (χ2n) is 8.08. The van der Waals surface area contributed by atoms with Crippen LogP contribution in [-0.4, -0.2) is 46.3 Å². The largest absolute Gasteiger partial charge is 0.381 e. The predicted molar refractivity (Wildman–Crippen MR) is 127 cm³/mol. The molecule has 0 spiro atoms. The number of carbonyl (C=O) groups excluding carboxylic acids is 1. The Morgan fingerprint density at radius 3 is 2.32 bits per heavy atom. The van der Waals surface area contributed by atoms with Gasteiger partial charge in [-0.05, 0) is 36.1 Å². The van der Waals surface area contributed by atoms with Crippen molar-refractivity contribution in [3.8, 4) is 22.4 Å². The summed E-state index contributed by atoms with van der Waals surface area (Å²) in [6, 6.07) is 13.4. The van der Waals surface area contributed by atoms with Gasteiger partial charge in [0.25, 0.3) is 0 Å². The number of hydrogen-bond acceptors (Lipinski definition) is 8. The molecule has 1 amide bonds. The SMILES string of the molecule is CNc1ncc(-c2ccc(C3(C(=O)Nc4cc(-c5ccncc5)no4)CCOCC3)cc2)cn1. The van der Waals surface area contributed by atoms with Crippen LogP contribution in [0.4, 0.5) is 11.8 Å². The predicted octanol–water partition coefficient (Wildman–Crippen LogP) is 3.92. The van der Waals surface area contributed by atoms with Gasteiger partial charge in [-0.3, -0.25) is 15.1 Å². The monoisotopic (exact) mass is 456 g/mol. The smallest absolute Gasteiger partial charge is 0.237 e. The molecule has 1 aliphatic heterocycles. The number of amides is 1. The van der Waals surface area contributed by atoms with Gasteiger partial charge in [0.15, 0.2) is 0 Å². The Kier molecular flexibility index (Phi) is 6.01. The minimum atomic E-state index is -0.729. The number of hydrogen-bond donors (Lipinski definition) is 2. The number of benzene rings is 1. The van der Waals surface area contributed by atoms with E-state index in [1.807, 2.05) is 36.4 Å². The van der Waals surface area contributed by atoms with E-state index in [1.165, 1.54) is 0 Å². The summed E-state index contributed by atoms with van der Waals surface area (Å²) in [5.41, 5.74) is 3.58. The molecule has 0 unspecified atom stereocenters. The number of pyridine rings is 1. The second-order valence-corrected chi connectivity index (χ2v) is 8.08. The quantitative estimate of drug-likeness (QED) is 0.449. The fourth-order valence-electron chi connectivity index (χ4n) is 4.18. The first kappa shape index (κ1) is 21.7. The van der Waals surface area contributed by atoms with Gasteiger partial charge in [-0.15, -0.1) is 0 Å². The molecular formula is C25H24N6O3. The zero-order valence-electron chi connectivity index (χ0n) is 18.7. The molecule has 1 saturated heterocycles. The molecule has 0 atom stereocenters. The molecule has 1 fully saturated rings. The molecule has 0 bridgehead atoms. The number of rotatable bonds is 6. The third-order valence-corrected chi connectivity index (χ3v) is 6.15. The Labute approximate surface area is 196 Å². The second kappa shape index (κ2) is 9.40. The van der Waals surface area contributed by atoms with Crippen molar-refractivity contribution in [1.29, 1.82) is 0 Å². The highest BCUT2D eigenvalue weighted by molar-refractivity contribution is 5.98. The number of aromatic nitrogens is 4. The summed E-state index contributed by atoms with van der Waals surface area (Å²) in [4.78, 5) is 26.1. The summed E-state index contributed by atoms with van der Waals surface area (Å²) >= 11 is 0. The zero-order valence-corrected chi connectivity index (χ0v) is 18.7. The molecule has 4 aromatic rings. The molecule has 172 valence electrons. The summed E-state index contributed by atoms with van der Waals surface area (Å²) in [6.07, 6.45) is 8.06. The maximum absolute atomic E-state index is 13.6. The Morgan fingerprint density at radius 1 is 0.941 bits per heavy atom. The van der Waals surface area contributed by atoms with Crippen molar-refractivity contribution >= 4 is 17.7 Å². The van der Waals surface area contributed by atoms with Crippen LogP contribution in [0.15, 0.2) is 71.8 Å². The lowest BCUT2D eigenvalue weighted by Gasteiger charge is -2.36. The first-order chi connectivity index (χ1) is 16.7. The van der Waals surface area contributed by atoms with E-state index in [0.29, 0.717) is 43.6 Å². The summed E-state index contributed by atoms with van der Waals surface area (Å²) in [6.45, 7) is 1.01. The van der Waals surface area contributed by atoms with Gasteiger partial charge in [0, 0.05) is 62.2 Å². The third kappa shape index (κ3) is 4.25. The van der Waals surface area contributed by atoms with Crippen molar-refractivity contribution in [2.24, 2.45) is 0 Å². The minimum Gasteiger partial charge on any atom is -0.381 e. The first-order valence-corrected chi connectivity index (χ1v) is 11.0. The lowest BCUT2D eigenvalue weighted by Crippen LogP contribution is -2.44. The first-order valence-electron chi connectivity index (χ1n) is 11.0. The van der Waals surface area contributed by atoms with E-state index >= 15 is 0 Å². The fraction of sp³-hybridized carbons (Fsp3) is 0.240. The standard InChI is InChI=1S/C25H24N6O3/c1-26-24-28-15-19(16-29-24)17-2-4-20(5-3-17)25(8-12-33-13-9-25)23(32)30-22-14-21(31-34-22)18-6-10-27-11-7-18/h2-7,10-11,14-16H,8-9,12-13H2,1H3,(H,30,32)(H,26,28,29). The maximum Gasteiger partial charge on any atom is 0.237 e. The summed E-state index contributed by atoms with van der Waals surface area (Å²) < 4.78 is 11.0. The van der Waals surface area contributed by atoms with E-state index in [4.69, 9.17) is 9.26 Å². The Morgan fingerprint density at radius 2 is 1.65 bits per heavy atom. The topological polar surface area (TPSA) is 115 Å². The highest BCUT2D eigenvalue weighted by atomic mass is 16.5. The number of ether oxygens (including phenoxy) is 1. The molecule has 0 aliphatic carbocycles. The Hall–Kier alpha value is -4.11. The van der Waals surface area contributed by atoms with Crippen LogP contribution < -0.4 is 10.6 Å². The van der Waals surface area contributed by atoms with E-state index in [2.05, 4.69) is 30.7 Å². The fourth-order valence-corrected chi connectivity index (χ4v) is 4.18. The van der Waals surface area contributed by atoms with Crippen molar-refractivity contribution in [2.45, 2.75) is 18.3 Å². The normalized spacial score (nSPS) is 15.0. The van der Waals surface area contributed by atoms with Gasteiger partial charge in [0.2, 0.25) is 17.7 Å². The number of carbonyl (C=O) groups is 1. The highest BCUT2D eigenvalue weighted by Crippen LogP contribution is 2.37. The van der Waals surface area contributed by atoms with Crippen LogP contribution in [0.25, 0.3) is 22.4 Å². The molecular weight excluding hydrogens is 432 g/mol. The van der Waals surface area contributed by atoms with Crippen LogP contribution in [0.2, 0.25) is 0 Å². The van der Waals surface area contributed by atoms with E-state index in [9.17, 15) is 4.79 Å². The molecule has 9 nitrogen and oxygen atoms in total. The van der Waals surface area contributed by atoms with Crippen LogP contribution in [0.1, 0.15) is 18.4 Å². The Balaban J connectivity index is 1.39. The van der Waals surface area contributed by atoms with Crippen molar-refractivity contribution in [3.63, 3.8) is 0 Å². The number of anilines is 2. The van der Waals surface area contributed by atoms with Crippen LogP contribution in [0.5, 0.6) is 0 Å². The van der Waals surface area contributed by atoms with Crippen LogP contribution in [0, 0.1) is 0 Å². The lowest BCUT2D eigenvalue weighted by molar-refractivity contribution is -0.125. The number of nitrogens with zero attached hydrogens (tertiary/aromatic N) is 4. The average molecular weight is 457 g/mol. The zero-order chi connectivity index (χ0) is 23.4. The van der Waals surface area contributed by atoms with Crippen LogP contribution in [0.3, 0.4) is 0 Å². The van der Waals surface area contributed by atoms with Gasteiger partial charge < -0.3 is 14.6 Å². The van der Waals surface area contributed by atoms with Gasteiger partial charge in [-0.1, -0.05) is 29.4 Å². The molecule has 0 saturated carbocycles. The van der Waals surface area contributed by atoms with E-state index < -0.39 is 5.41 Å². The van der Waals surface area contributed by atoms with Gasteiger partial charge in [0.05, 0.1) is 5.41 Å². The minimum absolute atomic E-state index is 0.136. The van der Waals surface area contributed by atoms with E-state index in [1.54, 1.807) is 37.9 Å². The van der Waals surface area contributed by atoms with Crippen molar-refractivity contribution in [2.75, 3.05) is 30.9 Å². The molecule has 0 radical (unpaired) electrons. The third-order valence-electron chi connectivity index (χ3n) is 6.15. The summed E-state index contributed by atoms with van der Waals surface area (Å²) in [7, 11) is 1.78. The van der Waals surface area contributed by atoms with Crippen LogP contribution in [-0.2, 0) is 14.9 Å². The maximum atomic E-state index is 13.6. The number of nitrogens with one attached hydrogen (secondary N) is 2. The van der Waals surface area contributed by atoms with E-state index in [0.717, 1.165) is 22.3 Å². The van der Waals surface area contributed by atoms with Gasteiger partial charge >= 0.3 is 0 Å². The van der Waals surface area contributed by atoms with Gasteiger partial charge in [0.1, 0.15) is 5.69 Å². The molecule has 1 aliphatic rings. The van der Waals surface area contributed by atoms with Crippen LogP contribution >= 0.6 is 0 Å². The molecule has 9 heteroatoms. The van der Waals surface area contributed by atoms with E-state index in [-0.39, 0.29) is 5.91 Å².